The van der Waals surface area contributed by atoms with Crippen LogP contribution in [0.1, 0.15) is 0 Å². The SMILES string of the molecule is COCC(=O)N(C)c1nnc(-c2ccncc2)s1. The van der Waals surface area contributed by atoms with Crippen molar-refractivity contribution in [2.45, 2.75) is 0 Å². The third-order valence-electron chi connectivity index (χ3n) is 2.27. The van der Waals surface area contributed by atoms with Crippen molar-refractivity contribution in [2.24, 2.45) is 0 Å². The van der Waals surface area contributed by atoms with Crippen LogP contribution in [0.25, 0.3) is 10.6 Å². The maximum absolute atomic E-state index is 11.6. The molecule has 2 aromatic heterocycles. The Kier molecular flexibility index (Phi) is 3.96. The second kappa shape index (κ2) is 5.65. The Morgan fingerprint density at radius 3 is 2.78 bits per heavy atom. The average molecular weight is 264 g/mol. The van der Waals surface area contributed by atoms with Crippen LogP contribution >= 0.6 is 11.3 Å². The van der Waals surface area contributed by atoms with Crippen molar-refractivity contribution in [1.82, 2.24) is 15.2 Å². The number of aromatic nitrogens is 3. The Balaban J connectivity index is 2.18. The highest BCUT2D eigenvalue weighted by Gasteiger charge is 2.15. The second-order valence-corrected chi connectivity index (χ2v) is 4.47. The molecular weight excluding hydrogens is 252 g/mol. The summed E-state index contributed by atoms with van der Waals surface area (Å²) in [6.07, 6.45) is 3.38. The van der Waals surface area contributed by atoms with Crippen molar-refractivity contribution in [3.63, 3.8) is 0 Å². The molecule has 0 bridgehead atoms. The van der Waals surface area contributed by atoms with E-state index in [4.69, 9.17) is 4.74 Å². The van der Waals surface area contributed by atoms with Gasteiger partial charge in [-0.05, 0) is 12.1 Å². The second-order valence-electron chi connectivity index (χ2n) is 3.51. The molecular formula is C11H12N4O2S. The van der Waals surface area contributed by atoms with Crippen LogP contribution in [-0.2, 0) is 9.53 Å². The third-order valence-corrected chi connectivity index (χ3v) is 3.32. The van der Waals surface area contributed by atoms with Crippen LogP contribution in [0.15, 0.2) is 24.5 Å². The normalized spacial score (nSPS) is 10.3. The first kappa shape index (κ1) is 12.6. The van der Waals surface area contributed by atoms with Crippen LogP contribution in [0.3, 0.4) is 0 Å². The summed E-state index contributed by atoms with van der Waals surface area (Å²) < 4.78 is 4.79. The predicted molar refractivity (Wildman–Crippen MR) is 68.4 cm³/mol. The van der Waals surface area contributed by atoms with E-state index in [0.717, 1.165) is 10.6 Å². The summed E-state index contributed by atoms with van der Waals surface area (Å²) in [7, 11) is 3.13. The average Bonchev–Trinajstić information content (AvgIpc) is 2.89. The molecule has 7 heteroatoms. The molecule has 18 heavy (non-hydrogen) atoms. The van der Waals surface area contributed by atoms with Gasteiger partial charge in [-0.2, -0.15) is 0 Å². The summed E-state index contributed by atoms with van der Waals surface area (Å²) in [5.41, 5.74) is 0.932. The van der Waals surface area contributed by atoms with Crippen LogP contribution in [0.2, 0.25) is 0 Å². The Bertz CT molecular complexity index is 529. The van der Waals surface area contributed by atoms with Crippen LogP contribution in [0, 0.1) is 0 Å². The first-order valence-electron chi connectivity index (χ1n) is 5.21. The number of carbonyl (C=O) groups is 1. The molecule has 1 amide bonds. The highest BCUT2D eigenvalue weighted by atomic mass is 32.1. The first-order chi connectivity index (χ1) is 8.72. The number of methoxy groups -OCH3 is 1. The quantitative estimate of drug-likeness (QED) is 0.830. The van der Waals surface area contributed by atoms with Crippen molar-refractivity contribution in [1.29, 1.82) is 0 Å². The van der Waals surface area contributed by atoms with Crippen LogP contribution < -0.4 is 4.90 Å². The van der Waals surface area contributed by atoms with Gasteiger partial charge < -0.3 is 4.74 Å². The number of likely N-dealkylation sites (N-methyl/N-ethyl adjacent to an activating group) is 1. The van der Waals surface area contributed by atoms with Gasteiger partial charge in [0.25, 0.3) is 5.91 Å². The van der Waals surface area contributed by atoms with Gasteiger partial charge in [0, 0.05) is 32.1 Å². The summed E-state index contributed by atoms with van der Waals surface area (Å²) in [6, 6.07) is 3.70. The van der Waals surface area contributed by atoms with Crippen LogP contribution in [-0.4, -0.2) is 41.9 Å². The summed E-state index contributed by atoms with van der Waals surface area (Å²) >= 11 is 1.35. The Hall–Kier alpha value is -1.86. The molecule has 0 unspecified atom stereocenters. The topological polar surface area (TPSA) is 68.2 Å². The van der Waals surface area contributed by atoms with E-state index in [9.17, 15) is 4.79 Å². The van der Waals surface area contributed by atoms with Crippen molar-refractivity contribution < 1.29 is 9.53 Å². The predicted octanol–water partition coefficient (Wildman–Crippen LogP) is 1.21. The smallest absolute Gasteiger partial charge is 0.254 e. The fraction of sp³-hybridized carbons (Fsp3) is 0.273. The minimum atomic E-state index is -0.157. The lowest BCUT2D eigenvalue weighted by Gasteiger charge is -2.11. The van der Waals surface area contributed by atoms with Crippen LogP contribution in [0.4, 0.5) is 5.13 Å². The maximum Gasteiger partial charge on any atom is 0.254 e. The number of nitrogens with zero attached hydrogens (tertiary/aromatic N) is 4. The molecule has 6 nitrogen and oxygen atoms in total. The molecule has 2 heterocycles. The zero-order chi connectivity index (χ0) is 13.0. The third kappa shape index (κ3) is 2.69. The van der Waals surface area contributed by atoms with E-state index in [1.54, 1.807) is 19.4 Å². The minimum Gasteiger partial charge on any atom is -0.375 e. The fourth-order valence-corrected chi connectivity index (χ4v) is 2.12. The highest BCUT2D eigenvalue weighted by molar-refractivity contribution is 7.18. The zero-order valence-electron chi connectivity index (χ0n) is 10.0. The standard InChI is InChI=1S/C11H12N4O2S/c1-15(9(16)7-17-2)11-14-13-10(18-11)8-3-5-12-6-4-8/h3-6H,7H2,1-2H3. The van der Waals surface area contributed by atoms with Crippen molar-refractivity contribution in [2.75, 3.05) is 25.7 Å². The molecule has 2 aromatic rings. The molecule has 2 rings (SSSR count). The molecule has 0 spiro atoms. The van der Waals surface area contributed by atoms with Gasteiger partial charge in [-0.3, -0.25) is 14.7 Å². The maximum atomic E-state index is 11.6. The Labute approximate surface area is 108 Å². The summed E-state index contributed by atoms with van der Waals surface area (Å²) in [5.74, 6) is -0.157. The Morgan fingerprint density at radius 2 is 2.11 bits per heavy atom. The Morgan fingerprint density at radius 1 is 1.39 bits per heavy atom. The molecule has 0 atom stereocenters. The largest absolute Gasteiger partial charge is 0.375 e. The number of hydrogen-bond acceptors (Lipinski definition) is 6. The molecule has 0 aliphatic carbocycles. The molecule has 0 fully saturated rings. The molecule has 0 saturated heterocycles. The molecule has 0 aromatic carbocycles. The van der Waals surface area contributed by atoms with Gasteiger partial charge in [-0.25, -0.2) is 0 Å². The lowest BCUT2D eigenvalue weighted by Crippen LogP contribution is -2.29. The summed E-state index contributed by atoms with van der Waals surface area (Å²) in [5, 5.41) is 9.35. The molecule has 0 radical (unpaired) electrons. The number of pyridine rings is 1. The lowest BCUT2D eigenvalue weighted by atomic mass is 10.3. The lowest BCUT2D eigenvalue weighted by molar-refractivity contribution is -0.121. The molecule has 0 aliphatic rings. The van der Waals surface area contributed by atoms with Crippen molar-refractivity contribution in [3.05, 3.63) is 24.5 Å². The van der Waals surface area contributed by atoms with E-state index in [1.807, 2.05) is 12.1 Å². The van der Waals surface area contributed by atoms with Crippen molar-refractivity contribution in [3.8, 4) is 10.6 Å². The fourth-order valence-electron chi connectivity index (χ4n) is 1.29. The molecule has 0 N–H and O–H groups in total. The van der Waals surface area contributed by atoms with E-state index in [-0.39, 0.29) is 12.5 Å². The van der Waals surface area contributed by atoms with Gasteiger partial charge in [0.05, 0.1) is 0 Å². The number of anilines is 1. The molecule has 94 valence electrons. The van der Waals surface area contributed by atoms with Crippen LogP contribution in [0.5, 0.6) is 0 Å². The van der Waals surface area contributed by atoms with E-state index in [2.05, 4.69) is 15.2 Å². The van der Waals surface area contributed by atoms with Crippen molar-refractivity contribution >= 4 is 22.4 Å². The van der Waals surface area contributed by atoms with E-state index < -0.39 is 0 Å². The molecule has 0 saturated carbocycles. The van der Waals surface area contributed by atoms with Gasteiger partial charge >= 0.3 is 0 Å². The summed E-state index contributed by atoms with van der Waals surface area (Å²) in [6.45, 7) is 0.0284. The number of amides is 1. The number of hydrogen-bond donors (Lipinski definition) is 0. The van der Waals surface area contributed by atoms with Gasteiger partial charge in [-0.1, -0.05) is 11.3 Å². The highest BCUT2D eigenvalue weighted by Crippen LogP contribution is 2.27. The van der Waals surface area contributed by atoms with E-state index >= 15 is 0 Å². The van der Waals surface area contributed by atoms with Gasteiger partial charge in [0.15, 0.2) is 0 Å². The van der Waals surface area contributed by atoms with E-state index in [0.29, 0.717) is 5.13 Å². The number of carbonyl (C=O) groups excluding carboxylic acids is 1. The number of rotatable bonds is 4. The monoisotopic (exact) mass is 264 g/mol. The summed E-state index contributed by atoms with van der Waals surface area (Å²) in [4.78, 5) is 17.0. The number of ether oxygens (including phenoxy) is 1. The minimum absolute atomic E-state index is 0.0284. The van der Waals surface area contributed by atoms with Gasteiger partial charge in [-0.15, -0.1) is 10.2 Å². The first-order valence-corrected chi connectivity index (χ1v) is 6.03. The van der Waals surface area contributed by atoms with Gasteiger partial charge in [0.2, 0.25) is 5.13 Å². The van der Waals surface area contributed by atoms with E-state index in [1.165, 1.54) is 23.3 Å². The zero-order valence-corrected chi connectivity index (χ0v) is 10.8. The molecule has 0 aliphatic heterocycles. The van der Waals surface area contributed by atoms with Gasteiger partial charge in [0.1, 0.15) is 11.6 Å².